The third-order valence-corrected chi connectivity index (χ3v) is 5.32. The molecule has 3 aromatic carbocycles. The molecule has 170 valence electrons. The van der Waals surface area contributed by atoms with Gasteiger partial charge in [-0.2, -0.15) is 20.3 Å². The molecule has 1 aliphatic heterocycles. The molecule has 0 saturated heterocycles. The molecule has 1 amide bonds. The van der Waals surface area contributed by atoms with Crippen LogP contribution in [0.4, 0.5) is 11.4 Å². The zero-order valence-corrected chi connectivity index (χ0v) is 21.4. The van der Waals surface area contributed by atoms with Crippen molar-refractivity contribution in [3.05, 3.63) is 88.4 Å². The van der Waals surface area contributed by atoms with Crippen LogP contribution in [0.1, 0.15) is 33.2 Å². The van der Waals surface area contributed by atoms with Crippen LogP contribution >= 0.6 is 11.6 Å². The first-order chi connectivity index (χ1) is 16.3. The number of carbonyl (C=O) groups is 3. The predicted molar refractivity (Wildman–Crippen MR) is 123 cm³/mol. The molecule has 1 unspecified atom stereocenters. The van der Waals surface area contributed by atoms with Gasteiger partial charge in [-0.15, -0.1) is 0 Å². The summed E-state index contributed by atoms with van der Waals surface area (Å²) in [5.74, 6) is -2.80. The van der Waals surface area contributed by atoms with Gasteiger partial charge >= 0.3 is 35.5 Å². The molecule has 1 aliphatic rings. The number of carbonyl (C=O) groups excluding carboxylic acids is 2. The van der Waals surface area contributed by atoms with Gasteiger partial charge in [-0.05, 0) is 43.3 Å². The van der Waals surface area contributed by atoms with Crippen molar-refractivity contribution < 1.29 is 54.2 Å². The Morgan fingerprint density at radius 2 is 1.71 bits per heavy atom. The smallest absolute Gasteiger partial charge is 0.871 e. The summed E-state index contributed by atoms with van der Waals surface area (Å²) in [6, 6.07) is 14.9. The van der Waals surface area contributed by atoms with Gasteiger partial charge < -0.3 is 10.2 Å². The summed E-state index contributed by atoms with van der Waals surface area (Å²) >= 11 is 5.89. The molecule has 0 aliphatic carbocycles. The third-order valence-electron chi connectivity index (χ3n) is 5.07. The molecule has 0 aromatic heterocycles. The number of azo groups is 1. The van der Waals surface area contributed by atoms with E-state index in [-0.39, 0.29) is 51.9 Å². The fraction of sp³-hybridized carbons (Fsp3) is 0.0833. The molecule has 1 N–H and O–H groups in total. The van der Waals surface area contributed by atoms with E-state index in [0.717, 1.165) is 6.07 Å². The Kier molecular flexibility index (Phi) is 8.18. The van der Waals surface area contributed by atoms with E-state index in [1.807, 2.05) is 0 Å². The Morgan fingerprint density at radius 1 is 1.06 bits per heavy atom. The summed E-state index contributed by atoms with van der Waals surface area (Å²) in [5, 5.41) is 35.5. The second-order valence-electron chi connectivity index (χ2n) is 7.35. The van der Waals surface area contributed by atoms with E-state index in [1.54, 1.807) is 37.3 Å². The van der Waals surface area contributed by atoms with Crippen LogP contribution in [0.3, 0.4) is 0 Å². The van der Waals surface area contributed by atoms with Crippen LogP contribution in [0.5, 0.6) is 5.75 Å². The summed E-state index contributed by atoms with van der Waals surface area (Å²) in [7, 11) is 0. The monoisotopic (exact) mass is 498 g/mol. The van der Waals surface area contributed by atoms with Gasteiger partial charge in [-0.1, -0.05) is 47.7 Å². The Labute approximate surface area is 227 Å². The van der Waals surface area contributed by atoms with E-state index in [9.17, 15) is 24.6 Å². The topological polar surface area (TPSA) is 135 Å². The Hall–Kier alpha value is -3.37. The largest absolute Gasteiger partial charge is 1.00 e. The van der Waals surface area contributed by atoms with E-state index < -0.39 is 29.5 Å². The minimum Gasteiger partial charge on any atom is -0.871 e. The number of hydrazone groups is 1. The number of hydrogen-bond acceptors (Lipinski definition) is 7. The van der Waals surface area contributed by atoms with E-state index in [4.69, 9.17) is 11.6 Å². The molecule has 0 saturated carbocycles. The number of amides is 1. The van der Waals surface area contributed by atoms with Gasteiger partial charge in [0.25, 0.3) is 5.91 Å². The summed E-state index contributed by atoms with van der Waals surface area (Å²) in [6.07, 6.45) is 0. The minimum absolute atomic E-state index is 0. The van der Waals surface area contributed by atoms with Crippen molar-refractivity contribution in [1.29, 1.82) is 0 Å². The number of rotatable bonds is 6. The summed E-state index contributed by atoms with van der Waals surface area (Å²) < 4.78 is 0. The fourth-order valence-corrected chi connectivity index (χ4v) is 3.46. The van der Waals surface area contributed by atoms with Crippen LogP contribution in [-0.2, 0) is 4.79 Å². The predicted octanol–water partition coefficient (Wildman–Crippen LogP) is 1.22. The molecule has 0 bridgehead atoms. The molecule has 0 spiro atoms. The van der Waals surface area contributed by atoms with Crippen molar-refractivity contribution in [2.45, 2.75) is 13.0 Å². The molecular weight excluding hydrogens is 483 g/mol. The van der Waals surface area contributed by atoms with Crippen molar-refractivity contribution in [3.63, 3.8) is 0 Å². The SMILES string of the molecule is CC1=NN(c2ccc(Cl)cc2)C(=O)C1N=Nc1cc(C(=O)c2ccccc2C(=O)O)ccc1[O-].[Na+]. The van der Waals surface area contributed by atoms with E-state index in [2.05, 4.69) is 15.3 Å². The van der Waals surface area contributed by atoms with Gasteiger partial charge in [0.05, 0.1) is 22.6 Å². The summed E-state index contributed by atoms with van der Waals surface area (Å²) in [5.41, 5.74) is 0.591. The van der Waals surface area contributed by atoms with Gasteiger partial charge in [0, 0.05) is 16.1 Å². The van der Waals surface area contributed by atoms with E-state index in [1.165, 1.54) is 35.3 Å². The third kappa shape index (κ3) is 5.49. The molecule has 9 nitrogen and oxygen atoms in total. The number of ketones is 1. The maximum Gasteiger partial charge on any atom is 1.00 e. The first-order valence-electron chi connectivity index (χ1n) is 10.00. The maximum absolute atomic E-state index is 12.9. The van der Waals surface area contributed by atoms with Gasteiger partial charge in [-0.25, -0.2) is 4.79 Å². The van der Waals surface area contributed by atoms with E-state index >= 15 is 0 Å². The van der Waals surface area contributed by atoms with Crippen molar-refractivity contribution in [3.8, 4) is 5.75 Å². The van der Waals surface area contributed by atoms with Crippen LogP contribution in [0.25, 0.3) is 0 Å². The van der Waals surface area contributed by atoms with Gasteiger partial charge in [0.1, 0.15) is 0 Å². The number of hydrogen-bond donors (Lipinski definition) is 1. The molecule has 0 radical (unpaired) electrons. The Bertz CT molecular complexity index is 1370. The van der Waals surface area contributed by atoms with Crippen molar-refractivity contribution >= 4 is 46.3 Å². The van der Waals surface area contributed by atoms with Crippen molar-refractivity contribution in [2.75, 3.05) is 5.01 Å². The number of halogens is 1. The normalized spacial score (nSPS) is 15.1. The second kappa shape index (κ2) is 10.9. The first-order valence-corrected chi connectivity index (χ1v) is 10.4. The quantitative estimate of drug-likeness (QED) is 0.310. The van der Waals surface area contributed by atoms with Gasteiger partial charge in [0.2, 0.25) is 0 Å². The standard InChI is InChI=1S/C24H17ClN4O5.Na/c1-13-21(23(32)29(28-13)16-9-7-15(25)8-10-16)27-26-19-12-14(6-11-20(19)30)22(31)17-4-2-3-5-18(17)24(33)34;/h2-12,21,30H,1H3,(H,33,34);/q;+1/p-1. The first kappa shape index (κ1) is 26.2. The average molecular weight is 499 g/mol. The zero-order chi connectivity index (χ0) is 24.4. The van der Waals surface area contributed by atoms with Crippen molar-refractivity contribution in [1.82, 2.24) is 0 Å². The second-order valence-corrected chi connectivity index (χ2v) is 7.78. The van der Waals surface area contributed by atoms with Gasteiger partial charge in [0.15, 0.2) is 11.8 Å². The summed E-state index contributed by atoms with van der Waals surface area (Å²) in [4.78, 5) is 37.1. The number of carboxylic acid groups (broad SMARTS) is 1. The number of benzene rings is 3. The Balaban J connectivity index is 0.00000342. The molecule has 1 atom stereocenters. The molecular formula is C24H16ClN4NaO5. The number of anilines is 1. The Morgan fingerprint density at radius 3 is 2.37 bits per heavy atom. The number of nitrogens with zero attached hydrogens (tertiary/aromatic N) is 4. The molecule has 4 rings (SSSR count). The fourth-order valence-electron chi connectivity index (χ4n) is 3.34. The number of carboxylic acids is 1. The maximum atomic E-state index is 12.9. The molecule has 0 fully saturated rings. The van der Waals surface area contributed by atoms with Crippen molar-refractivity contribution in [2.24, 2.45) is 15.3 Å². The molecule has 35 heavy (non-hydrogen) atoms. The van der Waals surface area contributed by atoms with Crippen LogP contribution in [0.2, 0.25) is 5.02 Å². The average Bonchev–Trinajstić information content (AvgIpc) is 3.11. The molecule has 3 aromatic rings. The van der Waals surface area contributed by atoms with Crippen LogP contribution in [0.15, 0.2) is 82.1 Å². The van der Waals surface area contributed by atoms with Crippen LogP contribution in [-0.4, -0.2) is 34.5 Å². The van der Waals surface area contributed by atoms with Crippen LogP contribution in [0, 0.1) is 0 Å². The van der Waals surface area contributed by atoms with Crippen LogP contribution < -0.4 is 39.7 Å². The zero-order valence-electron chi connectivity index (χ0n) is 18.7. The summed E-state index contributed by atoms with van der Waals surface area (Å²) in [6.45, 7) is 1.61. The minimum atomic E-state index is -1.25. The molecule has 11 heteroatoms. The number of aromatic carboxylic acids is 1. The van der Waals surface area contributed by atoms with Gasteiger partial charge in [-0.3, -0.25) is 9.59 Å². The molecule has 1 heterocycles. The van der Waals surface area contributed by atoms with E-state index in [0.29, 0.717) is 16.4 Å².